The molecule has 29 heavy (non-hydrogen) atoms. The lowest BCUT2D eigenvalue weighted by atomic mass is 9.84. The van der Waals surface area contributed by atoms with Crippen LogP contribution in [0.25, 0.3) is 21.5 Å². The maximum Gasteiger partial charge on any atom is 0.161 e. The predicted octanol–water partition coefficient (Wildman–Crippen LogP) is 3.77. The third kappa shape index (κ3) is 3.18. The first-order valence-corrected chi connectivity index (χ1v) is 9.85. The maximum absolute atomic E-state index is 5.63. The van der Waals surface area contributed by atoms with Gasteiger partial charge in [0.15, 0.2) is 11.5 Å². The van der Waals surface area contributed by atoms with Crippen LogP contribution in [-0.4, -0.2) is 51.9 Å². The zero-order chi connectivity index (χ0) is 19.3. The molecule has 6 heteroatoms. The standard InChI is InChI=1S/C23H26N2O3.ClH/c1-26-15-4-5-16-18(9-15)20-11-23(28-3)22(27-2)10-19(20)17-8-14-12-24-6-7-25(14)13-21(16)17;/h4-5,9-11,14,24H,6-8,12-13H2,1-3H3;1H/t14-;/m0./s1. The van der Waals surface area contributed by atoms with Crippen LogP contribution in [0.3, 0.4) is 0 Å². The zero-order valence-electron chi connectivity index (χ0n) is 17.1. The van der Waals surface area contributed by atoms with Gasteiger partial charge in [-0.15, -0.1) is 12.4 Å². The smallest absolute Gasteiger partial charge is 0.161 e. The number of piperazine rings is 1. The minimum absolute atomic E-state index is 0. The second kappa shape index (κ2) is 7.90. The lowest BCUT2D eigenvalue weighted by molar-refractivity contribution is 0.141. The molecule has 1 N–H and O–H groups in total. The number of hydrogen-bond acceptors (Lipinski definition) is 5. The van der Waals surface area contributed by atoms with Gasteiger partial charge in [0.25, 0.3) is 0 Å². The summed E-state index contributed by atoms with van der Waals surface area (Å²) in [4.78, 5) is 2.62. The normalized spacial score (nSPS) is 18.7. The highest BCUT2D eigenvalue weighted by molar-refractivity contribution is 6.12. The number of fused-ring (bicyclic) bond motifs is 7. The molecule has 0 radical (unpaired) electrons. The van der Waals surface area contributed by atoms with Crippen molar-refractivity contribution in [2.24, 2.45) is 0 Å². The lowest BCUT2D eigenvalue weighted by Gasteiger charge is -2.41. The molecule has 0 saturated carbocycles. The highest BCUT2D eigenvalue weighted by atomic mass is 35.5. The van der Waals surface area contributed by atoms with Gasteiger partial charge in [0, 0.05) is 32.2 Å². The minimum atomic E-state index is 0. The Hall–Kier alpha value is -2.21. The van der Waals surface area contributed by atoms with Crippen molar-refractivity contribution >= 4 is 34.0 Å². The van der Waals surface area contributed by atoms with Crippen molar-refractivity contribution in [3.05, 3.63) is 41.5 Å². The van der Waals surface area contributed by atoms with Crippen LogP contribution in [0.2, 0.25) is 0 Å². The van der Waals surface area contributed by atoms with Crippen LogP contribution < -0.4 is 19.5 Å². The Balaban J connectivity index is 0.00000205. The van der Waals surface area contributed by atoms with E-state index < -0.39 is 0 Å². The zero-order valence-corrected chi connectivity index (χ0v) is 17.9. The average Bonchev–Trinajstić information content (AvgIpc) is 2.76. The van der Waals surface area contributed by atoms with E-state index in [0.29, 0.717) is 6.04 Å². The van der Waals surface area contributed by atoms with Gasteiger partial charge in [0.1, 0.15) is 5.75 Å². The van der Waals surface area contributed by atoms with Gasteiger partial charge in [-0.2, -0.15) is 0 Å². The largest absolute Gasteiger partial charge is 0.497 e. The van der Waals surface area contributed by atoms with Crippen molar-refractivity contribution in [3.8, 4) is 17.2 Å². The first-order chi connectivity index (χ1) is 13.7. The molecule has 1 fully saturated rings. The summed E-state index contributed by atoms with van der Waals surface area (Å²) >= 11 is 0. The fourth-order valence-electron chi connectivity index (χ4n) is 4.88. The van der Waals surface area contributed by atoms with Gasteiger partial charge >= 0.3 is 0 Å². The van der Waals surface area contributed by atoms with Crippen LogP contribution in [0.1, 0.15) is 11.1 Å². The van der Waals surface area contributed by atoms with Gasteiger partial charge in [-0.3, -0.25) is 4.90 Å². The summed E-state index contributed by atoms with van der Waals surface area (Å²) < 4.78 is 16.8. The van der Waals surface area contributed by atoms with Crippen molar-refractivity contribution in [1.29, 1.82) is 0 Å². The highest BCUT2D eigenvalue weighted by Gasteiger charge is 2.31. The molecule has 3 aromatic rings. The van der Waals surface area contributed by atoms with Crippen LogP contribution >= 0.6 is 12.4 Å². The first-order valence-electron chi connectivity index (χ1n) is 9.85. The van der Waals surface area contributed by atoms with E-state index in [4.69, 9.17) is 14.2 Å². The fraction of sp³-hybridized carbons (Fsp3) is 0.391. The summed E-state index contributed by atoms with van der Waals surface area (Å²) in [5.74, 6) is 2.42. The molecule has 2 aliphatic rings. The molecule has 5 rings (SSSR count). The minimum Gasteiger partial charge on any atom is -0.497 e. The molecule has 2 aliphatic heterocycles. The first kappa shape index (κ1) is 20.1. The third-order valence-electron chi connectivity index (χ3n) is 6.33. The SMILES string of the molecule is COc1ccc2c3c(c4cc(OC)c(OC)cc4c2c1)C[C@H]1CNCCN1C3.Cl. The van der Waals surface area contributed by atoms with Crippen molar-refractivity contribution in [2.45, 2.75) is 19.0 Å². The Morgan fingerprint density at radius 1 is 0.862 bits per heavy atom. The summed E-state index contributed by atoms with van der Waals surface area (Å²) in [6.45, 7) is 4.21. The highest BCUT2D eigenvalue weighted by Crippen LogP contribution is 2.43. The Morgan fingerprint density at radius 3 is 2.31 bits per heavy atom. The maximum atomic E-state index is 5.63. The van der Waals surface area contributed by atoms with Crippen LogP contribution in [0.15, 0.2) is 30.3 Å². The van der Waals surface area contributed by atoms with E-state index in [1.165, 1.54) is 32.7 Å². The quantitative estimate of drug-likeness (QED) is 0.661. The molecule has 0 amide bonds. The van der Waals surface area contributed by atoms with Crippen molar-refractivity contribution in [2.75, 3.05) is 41.0 Å². The Kier molecular flexibility index (Phi) is 5.47. The molecular formula is C23H27ClN2O3. The number of methoxy groups -OCH3 is 3. The van der Waals surface area contributed by atoms with Crippen LogP contribution in [0, 0.1) is 0 Å². The van der Waals surface area contributed by atoms with Gasteiger partial charge in [0.05, 0.1) is 21.3 Å². The van der Waals surface area contributed by atoms with Crippen LogP contribution in [0.5, 0.6) is 17.2 Å². The number of benzene rings is 3. The Bertz CT molecular complexity index is 1070. The fourth-order valence-corrected chi connectivity index (χ4v) is 4.88. The van der Waals surface area contributed by atoms with E-state index in [1.807, 2.05) is 0 Å². The molecular weight excluding hydrogens is 388 g/mol. The van der Waals surface area contributed by atoms with Gasteiger partial charge in [-0.05, 0) is 63.4 Å². The average molecular weight is 415 g/mol. The lowest BCUT2D eigenvalue weighted by Crippen LogP contribution is -2.53. The molecule has 1 saturated heterocycles. The van der Waals surface area contributed by atoms with Crippen LogP contribution in [-0.2, 0) is 13.0 Å². The van der Waals surface area contributed by atoms with E-state index in [9.17, 15) is 0 Å². The topological polar surface area (TPSA) is 43.0 Å². The van der Waals surface area contributed by atoms with Crippen molar-refractivity contribution < 1.29 is 14.2 Å². The van der Waals surface area contributed by atoms with Gasteiger partial charge in [-0.1, -0.05) is 6.07 Å². The van der Waals surface area contributed by atoms with E-state index in [1.54, 1.807) is 21.3 Å². The predicted molar refractivity (Wildman–Crippen MR) is 119 cm³/mol. The summed E-state index contributed by atoms with van der Waals surface area (Å²) in [6.07, 6.45) is 1.05. The number of nitrogens with one attached hydrogen (secondary N) is 1. The second-order valence-electron chi connectivity index (χ2n) is 7.65. The second-order valence-corrected chi connectivity index (χ2v) is 7.65. The van der Waals surface area contributed by atoms with Crippen LogP contribution in [0.4, 0.5) is 0 Å². The van der Waals surface area contributed by atoms with Crippen molar-refractivity contribution in [3.63, 3.8) is 0 Å². The Morgan fingerprint density at radius 2 is 1.59 bits per heavy atom. The number of hydrogen-bond donors (Lipinski definition) is 1. The van der Waals surface area contributed by atoms with Gasteiger partial charge < -0.3 is 19.5 Å². The number of rotatable bonds is 3. The molecule has 1 atom stereocenters. The monoisotopic (exact) mass is 414 g/mol. The molecule has 154 valence electrons. The third-order valence-corrected chi connectivity index (χ3v) is 6.33. The number of halogens is 1. The van der Waals surface area contributed by atoms with E-state index in [-0.39, 0.29) is 12.4 Å². The molecule has 2 heterocycles. The Labute approximate surface area is 177 Å². The number of nitrogens with zero attached hydrogens (tertiary/aromatic N) is 1. The van der Waals surface area contributed by atoms with Crippen molar-refractivity contribution in [1.82, 2.24) is 10.2 Å². The van der Waals surface area contributed by atoms with Gasteiger partial charge in [0.2, 0.25) is 0 Å². The molecule has 0 aliphatic carbocycles. The van der Waals surface area contributed by atoms with E-state index in [0.717, 1.165) is 49.8 Å². The number of ether oxygens (including phenoxy) is 3. The van der Waals surface area contributed by atoms with E-state index in [2.05, 4.69) is 40.5 Å². The van der Waals surface area contributed by atoms with E-state index >= 15 is 0 Å². The van der Waals surface area contributed by atoms with Gasteiger partial charge in [-0.25, -0.2) is 0 Å². The summed E-state index contributed by atoms with van der Waals surface area (Å²) in [5, 5.41) is 8.54. The summed E-state index contributed by atoms with van der Waals surface area (Å²) in [7, 11) is 5.11. The molecule has 0 spiro atoms. The molecule has 0 unspecified atom stereocenters. The molecule has 0 aromatic heterocycles. The molecule has 3 aromatic carbocycles. The summed E-state index contributed by atoms with van der Waals surface area (Å²) in [5.41, 5.74) is 2.88. The molecule has 0 bridgehead atoms. The molecule has 5 nitrogen and oxygen atoms in total. The summed E-state index contributed by atoms with van der Waals surface area (Å²) in [6, 6.07) is 11.2.